The topological polar surface area (TPSA) is 36.4 Å². The quantitative estimate of drug-likeness (QED) is 0.287. The predicted octanol–water partition coefficient (Wildman–Crippen LogP) is 7.02. The van der Waals surface area contributed by atoms with Gasteiger partial charge in [0.1, 0.15) is 0 Å². The fraction of sp³-hybridized carbons (Fsp3) is 0.321. The Bertz CT molecular complexity index is 976. The summed E-state index contributed by atoms with van der Waals surface area (Å²) in [6, 6.07) is 18.1. The van der Waals surface area contributed by atoms with Crippen molar-refractivity contribution in [1.82, 2.24) is 0 Å². The van der Waals surface area contributed by atoms with Gasteiger partial charge in [0.05, 0.1) is 5.71 Å². The van der Waals surface area contributed by atoms with E-state index in [-0.39, 0.29) is 6.04 Å². The molecule has 0 aliphatic heterocycles. The predicted molar refractivity (Wildman–Crippen MR) is 145 cm³/mol. The van der Waals surface area contributed by atoms with Crippen molar-refractivity contribution in [3.63, 3.8) is 0 Å². The summed E-state index contributed by atoms with van der Waals surface area (Å²) >= 11 is 4.29. The third kappa shape index (κ3) is 6.89. The van der Waals surface area contributed by atoms with Crippen LogP contribution in [0, 0.1) is 0 Å². The number of rotatable bonds is 9. The van der Waals surface area contributed by atoms with E-state index in [1.54, 1.807) is 0 Å². The summed E-state index contributed by atoms with van der Waals surface area (Å²) in [6.07, 6.45) is 9.62. The molecule has 168 valence electrons. The van der Waals surface area contributed by atoms with Gasteiger partial charge in [-0.25, -0.2) is 0 Å². The van der Waals surface area contributed by atoms with Crippen LogP contribution in [-0.4, -0.2) is 30.1 Å². The largest absolute Gasteiger partial charge is 0.385 e. The zero-order valence-corrected chi connectivity index (χ0v) is 20.5. The minimum absolute atomic E-state index is 0.285. The van der Waals surface area contributed by atoms with Crippen LogP contribution >= 0.6 is 12.6 Å². The van der Waals surface area contributed by atoms with E-state index in [1.807, 2.05) is 0 Å². The summed E-state index contributed by atoms with van der Waals surface area (Å²) in [5.74, 6) is 0.893. The van der Waals surface area contributed by atoms with Gasteiger partial charge in [-0.1, -0.05) is 36.4 Å². The van der Waals surface area contributed by atoms with Gasteiger partial charge < -0.3 is 10.6 Å². The minimum Gasteiger partial charge on any atom is -0.385 e. The molecule has 0 radical (unpaired) electrons. The van der Waals surface area contributed by atoms with Gasteiger partial charge >= 0.3 is 0 Å². The molecule has 3 rings (SSSR count). The van der Waals surface area contributed by atoms with E-state index in [1.165, 1.54) is 22.3 Å². The number of hydrogen-bond acceptors (Lipinski definition) is 4. The summed E-state index contributed by atoms with van der Waals surface area (Å²) in [6.45, 7) is 9.45. The Labute approximate surface area is 198 Å². The van der Waals surface area contributed by atoms with E-state index in [0.717, 1.165) is 35.8 Å². The SMILES string of the molecule is CC(C)N=C1C=CC(=C(c2ccc(NCCCS)cc2)c2ccc(NC(C)C)cc2)C=C1. The van der Waals surface area contributed by atoms with Gasteiger partial charge in [0.15, 0.2) is 0 Å². The second kappa shape index (κ2) is 11.8. The Morgan fingerprint density at radius 2 is 1.38 bits per heavy atom. The third-order valence-electron chi connectivity index (χ3n) is 5.03. The molecule has 3 nitrogen and oxygen atoms in total. The molecule has 1 aliphatic rings. The average Bonchev–Trinajstić information content (AvgIpc) is 2.77. The van der Waals surface area contributed by atoms with Crippen LogP contribution in [-0.2, 0) is 0 Å². The van der Waals surface area contributed by atoms with Crippen molar-refractivity contribution >= 4 is 35.3 Å². The smallest absolute Gasteiger partial charge is 0.0577 e. The molecule has 0 fully saturated rings. The van der Waals surface area contributed by atoms with Gasteiger partial charge in [-0.2, -0.15) is 12.6 Å². The lowest BCUT2D eigenvalue weighted by molar-refractivity contribution is 0.838. The van der Waals surface area contributed by atoms with E-state index in [2.05, 4.69) is 129 Å². The number of nitrogens with one attached hydrogen (secondary N) is 2. The normalized spacial score (nSPS) is 13.1. The molecular formula is C28H35N3S. The Hall–Kier alpha value is -2.72. The summed E-state index contributed by atoms with van der Waals surface area (Å²) < 4.78 is 0. The van der Waals surface area contributed by atoms with E-state index < -0.39 is 0 Å². The van der Waals surface area contributed by atoms with Crippen molar-refractivity contribution in [3.05, 3.63) is 89.5 Å². The molecule has 0 atom stereocenters. The molecule has 4 heteroatoms. The van der Waals surface area contributed by atoms with Crippen LogP contribution in [0.2, 0.25) is 0 Å². The highest BCUT2D eigenvalue weighted by atomic mass is 32.1. The molecule has 0 aromatic heterocycles. The maximum Gasteiger partial charge on any atom is 0.0577 e. The van der Waals surface area contributed by atoms with Gasteiger partial charge in [-0.15, -0.1) is 0 Å². The Kier molecular flexibility index (Phi) is 8.81. The molecule has 0 spiro atoms. The third-order valence-corrected chi connectivity index (χ3v) is 5.35. The zero-order valence-electron chi connectivity index (χ0n) is 19.6. The average molecular weight is 446 g/mol. The zero-order chi connectivity index (χ0) is 22.9. The van der Waals surface area contributed by atoms with Crippen LogP contribution in [0.25, 0.3) is 5.57 Å². The van der Waals surface area contributed by atoms with Crippen molar-refractivity contribution in [2.75, 3.05) is 22.9 Å². The van der Waals surface area contributed by atoms with Crippen molar-refractivity contribution in [2.24, 2.45) is 4.99 Å². The first-order valence-electron chi connectivity index (χ1n) is 11.5. The number of thiol groups is 1. The minimum atomic E-state index is 0.285. The molecule has 2 N–H and O–H groups in total. The molecule has 0 saturated carbocycles. The van der Waals surface area contributed by atoms with E-state index in [0.29, 0.717) is 6.04 Å². The molecule has 2 aromatic rings. The van der Waals surface area contributed by atoms with E-state index in [9.17, 15) is 0 Å². The second-order valence-electron chi connectivity index (χ2n) is 8.60. The molecule has 1 aliphatic carbocycles. The van der Waals surface area contributed by atoms with Crippen molar-refractivity contribution in [1.29, 1.82) is 0 Å². The van der Waals surface area contributed by atoms with Gasteiger partial charge in [-0.3, -0.25) is 4.99 Å². The maximum absolute atomic E-state index is 4.66. The second-order valence-corrected chi connectivity index (χ2v) is 9.05. The van der Waals surface area contributed by atoms with E-state index >= 15 is 0 Å². The van der Waals surface area contributed by atoms with Crippen molar-refractivity contribution in [2.45, 2.75) is 46.2 Å². The number of benzene rings is 2. The van der Waals surface area contributed by atoms with E-state index in [4.69, 9.17) is 0 Å². The Balaban J connectivity index is 1.96. The van der Waals surface area contributed by atoms with Crippen LogP contribution in [0.4, 0.5) is 11.4 Å². The summed E-state index contributed by atoms with van der Waals surface area (Å²) in [5, 5.41) is 6.94. The van der Waals surface area contributed by atoms with Crippen molar-refractivity contribution in [3.8, 4) is 0 Å². The first kappa shape index (κ1) is 23.9. The van der Waals surface area contributed by atoms with Gasteiger partial charge in [0, 0.05) is 30.0 Å². The van der Waals surface area contributed by atoms with Crippen molar-refractivity contribution < 1.29 is 0 Å². The molecule has 2 aromatic carbocycles. The van der Waals surface area contributed by atoms with Gasteiger partial charge in [0.25, 0.3) is 0 Å². The van der Waals surface area contributed by atoms with Gasteiger partial charge in [-0.05, 0) is 98.6 Å². The fourth-order valence-corrected chi connectivity index (χ4v) is 3.80. The number of nitrogens with zero attached hydrogens (tertiary/aromatic N) is 1. The highest BCUT2D eigenvalue weighted by Gasteiger charge is 2.12. The molecule has 0 unspecified atom stereocenters. The first-order valence-corrected chi connectivity index (χ1v) is 12.1. The Morgan fingerprint density at radius 3 is 1.88 bits per heavy atom. The van der Waals surface area contributed by atoms with Crippen LogP contribution in [0.5, 0.6) is 0 Å². The lowest BCUT2D eigenvalue weighted by atomic mass is 9.90. The summed E-state index contributed by atoms with van der Waals surface area (Å²) in [7, 11) is 0. The fourth-order valence-electron chi connectivity index (χ4n) is 3.65. The molecule has 32 heavy (non-hydrogen) atoms. The molecule has 0 heterocycles. The maximum atomic E-state index is 4.66. The highest BCUT2D eigenvalue weighted by Crippen LogP contribution is 2.31. The summed E-state index contributed by atoms with van der Waals surface area (Å²) in [5.41, 5.74) is 8.09. The number of aliphatic imine (C=N–C) groups is 1. The van der Waals surface area contributed by atoms with Crippen LogP contribution in [0.1, 0.15) is 45.2 Å². The number of hydrogen-bond donors (Lipinski definition) is 3. The molecule has 0 bridgehead atoms. The lowest BCUT2D eigenvalue weighted by Crippen LogP contribution is -2.09. The Morgan fingerprint density at radius 1 is 0.812 bits per heavy atom. The number of allylic oxidation sites excluding steroid dienone is 5. The first-order chi connectivity index (χ1) is 15.5. The van der Waals surface area contributed by atoms with Crippen LogP contribution in [0.3, 0.4) is 0 Å². The number of anilines is 2. The van der Waals surface area contributed by atoms with Crippen LogP contribution < -0.4 is 10.6 Å². The monoisotopic (exact) mass is 445 g/mol. The van der Waals surface area contributed by atoms with Crippen LogP contribution in [0.15, 0.2) is 83.4 Å². The standard InChI is InChI=1S/C28H35N3S/c1-20(2)30-26-14-8-23(9-15-26)28(24-10-16-27(17-11-24)31-21(3)4)22-6-12-25(13-7-22)29-18-5-19-32/h6-17,20-21,29-30,32H,5,18-19H2,1-4H3. The molecular weight excluding hydrogens is 410 g/mol. The lowest BCUT2D eigenvalue weighted by Gasteiger charge is -2.16. The van der Waals surface area contributed by atoms with Gasteiger partial charge in [0.2, 0.25) is 0 Å². The molecule has 0 amide bonds. The summed E-state index contributed by atoms with van der Waals surface area (Å²) in [4.78, 5) is 4.66. The molecule has 0 saturated heterocycles. The highest BCUT2D eigenvalue weighted by molar-refractivity contribution is 7.80.